The Kier molecular flexibility index (Phi) is 27.9. The first-order chi connectivity index (χ1) is 18.4. The van der Waals surface area contributed by atoms with Crippen LogP contribution in [0.1, 0.15) is 228 Å². The standard InChI is InChI=1S/3C10H20.C9H19N.4CH4/c3*1-10(2,3)9-7-5-4-6-8-9;1-9(2,3)10-7-5-4-6-8-10;;;;/h3*9H,4-8H2,1-3H3;4-8H2,1-3H3;4*1H4. The smallest absolute Gasteiger partial charge is 0.0125 e. The first-order valence-corrected chi connectivity index (χ1v) is 18.2. The molecule has 0 aromatic heterocycles. The SMILES string of the molecule is C.C.C.C.CC(C)(C)C1CCCCC1.CC(C)(C)C1CCCCC1.CC(C)(C)C1CCCCC1.CC(C)(C)N1CCCCC1. The molecule has 3 saturated carbocycles. The molecule has 0 aromatic rings. The van der Waals surface area contributed by atoms with Crippen molar-refractivity contribution in [2.45, 2.75) is 234 Å². The summed E-state index contributed by atoms with van der Waals surface area (Å²) in [7, 11) is 0. The Hall–Kier alpha value is -0.0400. The van der Waals surface area contributed by atoms with Crippen LogP contribution in [0.3, 0.4) is 0 Å². The number of nitrogens with zero attached hydrogens (tertiary/aromatic N) is 1. The van der Waals surface area contributed by atoms with E-state index < -0.39 is 0 Å². The molecule has 1 heterocycles. The molecule has 44 heavy (non-hydrogen) atoms. The van der Waals surface area contributed by atoms with Crippen molar-refractivity contribution in [1.82, 2.24) is 4.90 Å². The molecular weight excluding hydrogens is 530 g/mol. The summed E-state index contributed by atoms with van der Waals surface area (Å²) in [5.41, 5.74) is 2.11. The maximum Gasteiger partial charge on any atom is 0.0125 e. The lowest BCUT2D eigenvalue weighted by atomic mass is 9.72. The lowest BCUT2D eigenvalue weighted by molar-refractivity contribution is 0.111. The van der Waals surface area contributed by atoms with Gasteiger partial charge in [0.05, 0.1) is 0 Å². The third-order valence-corrected chi connectivity index (χ3v) is 10.8. The molecular formula is C43H95N. The summed E-state index contributed by atoms with van der Waals surface area (Å²) in [5, 5.41) is 0. The van der Waals surface area contributed by atoms with Gasteiger partial charge in [0.2, 0.25) is 0 Å². The zero-order valence-electron chi connectivity index (χ0n) is 30.3. The van der Waals surface area contributed by atoms with E-state index in [0.717, 1.165) is 17.8 Å². The van der Waals surface area contributed by atoms with Crippen LogP contribution in [-0.4, -0.2) is 23.5 Å². The Morgan fingerprint density at radius 2 is 0.523 bits per heavy atom. The summed E-state index contributed by atoms with van der Waals surface area (Å²) >= 11 is 0. The second-order valence-corrected chi connectivity index (χ2v) is 18.3. The van der Waals surface area contributed by atoms with Crippen molar-refractivity contribution in [3.8, 4) is 0 Å². The third kappa shape index (κ3) is 22.5. The fourth-order valence-electron chi connectivity index (χ4n) is 7.47. The normalized spacial score (nSPS) is 21.0. The van der Waals surface area contributed by atoms with Gasteiger partial charge < -0.3 is 0 Å². The molecule has 1 saturated heterocycles. The van der Waals surface area contributed by atoms with Crippen LogP contribution in [-0.2, 0) is 0 Å². The maximum atomic E-state index is 2.58. The lowest BCUT2D eigenvalue weighted by Crippen LogP contribution is -2.44. The third-order valence-electron chi connectivity index (χ3n) is 10.8. The van der Waals surface area contributed by atoms with Crippen LogP contribution in [0.15, 0.2) is 0 Å². The number of hydrogen-bond acceptors (Lipinski definition) is 1. The highest BCUT2D eigenvalue weighted by molar-refractivity contribution is 4.79. The summed E-state index contributed by atoms with van der Waals surface area (Å²) in [6, 6.07) is 0. The quantitative estimate of drug-likeness (QED) is 0.259. The van der Waals surface area contributed by atoms with Crippen molar-refractivity contribution < 1.29 is 0 Å². The molecule has 0 atom stereocenters. The van der Waals surface area contributed by atoms with Gasteiger partial charge >= 0.3 is 0 Å². The molecule has 0 unspecified atom stereocenters. The van der Waals surface area contributed by atoms with Crippen LogP contribution in [0, 0.1) is 34.0 Å². The number of hydrogen-bond donors (Lipinski definition) is 0. The van der Waals surface area contributed by atoms with Crippen molar-refractivity contribution in [3.63, 3.8) is 0 Å². The zero-order valence-corrected chi connectivity index (χ0v) is 30.3. The fraction of sp³-hybridized carbons (Fsp3) is 1.00. The summed E-state index contributed by atoms with van der Waals surface area (Å²) in [6.07, 6.45) is 26.4. The van der Waals surface area contributed by atoms with Crippen molar-refractivity contribution in [1.29, 1.82) is 0 Å². The Morgan fingerprint density at radius 1 is 0.318 bits per heavy atom. The average molecular weight is 626 g/mol. The van der Waals surface area contributed by atoms with Gasteiger partial charge in [-0.3, -0.25) is 4.90 Å². The molecule has 0 spiro atoms. The monoisotopic (exact) mass is 626 g/mol. The van der Waals surface area contributed by atoms with Crippen molar-refractivity contribution in [3.05, 3.63) is 0 Å². The Balaban J connectivity index is -0.000000235. The highest BCUT2D eigenvalue weighted by Crippen LogP contribution is 2.39. The van der Waals surface area contributed by atoms with E-state index in [-0.39, 0.29) is 29.7 Å². The van der Waals surface area contributed by atoms with Gasteiger partial charge in [0.25, 0.3) is 0 Å². The number of likely N-dealkylation sites (tertiary alicyclic amines) is 1. The van der Waals surface area contributed by atoms with Crippen molar-refractivity contribution in [2.75, 3.05) is 13.1 Å². The minimum Gasteiger partial charge on any atom is -0.298 e. The molecule has 0 amide bonds. The molecule has 0 radical (unpaired) electrons. The molecule has 4 aliphatic rings. The van der Waals surface area contributed by atoms with Crippen LogP contribution in [0.5, 0.6) is 0 Å². The minimum atomic E-state index is 0. The van der Waals surface area contributed by atoms with E-state index in [0.29, 0.717) is 21.8 Å². The fourth-order valence-corrected chi connectivity index (χ4v) is 7.47. The number of piperidine rings is 1. The second-order valence-electron chi connectivity index (χ2n) is 18.3. The predicted octanol–water partition coefficient (Wildman–Crippen LogP) is 15.7. The van der Waals surface area contributed by atoms with E-state index in [1.54, 1.807) is 0 Å². The average Bonchev–Trinajstić information content (AvgIpc) is 2.90. The molecule has 4 rings (SSSR count). The Labute approximate surface area is 285 Å². The van der Waals surface area contributed by atoms with E-state index >= 15 is 0 Å². The molecule has 1 heteroatoms. The van der Waals surface area contributed by atoms with E-state index in [1.165, 1.54) is 129 Å². The largest absolute Gasteiger partial charge is 0.298 e. The van der Waals surface area contributed by atoms with Gasteiger partial charge in [-0.1, -0.05) is 156 Å². The van der Waals surface area contributed by atoms with Gasteiger partial charge in [-0.15, -0.1) is 0 Å². The van der Waals surface area contributed by atoms with Gasteiger partial charge in [0.1, 0.15) is 0 Å². The summed E-state index contributed by atoms with van der Waals surface area (Å²) in [6.45, 7) is 30.9. The summed E-state index contributed by atoms with van der Waals surface area (Å²) in [5.74, 6) is 3.00. The predicted molar refractivity (Wildman–Crippen MR) is 210 cm³/mol. The summed E-state index contributed by atoms with van der Waals surface area (Å²) in [4.78, 5) is 2.58. The van der Waals surface area contributed by atoms with E-state index in [4.69, 9.17) is 0 Å². The lowest BCUT2D eigenvalue weighted by Gasteiger charge is -2.38. The molecule has 0 aromatic carbocycles. The first kappa shape index (κ1) is 50.8. The second kappa shape index (κ2) is 24.2. The van der Waals surface area contributed by atoms with Crippen LogP contribution < -0.4 is 0 Å². The molecule has 4 fully saturated rings. The van der Waals surface area contributed by atoms with Crippen molar-refractivity contribution in [2.24, 2.45) is 34.0 Å². The molecule has 1 aliphatic heterocycles. The highest BCUT2D eigenvalue weighted by atomic mass is 15.2. The topological polar surface area (TPSA) is 3.24 Å². The summed E-state index contributed by atoms with van der Waals surface area (Å²) < 4.78 is 0. The van der Waals surface area contributed by atoms with Gasteiger partial charge in [0.15, 0.2) is 0 Å². The van der Waals surface area contributed by atoms with Gasteiger partial charge in [-0.25, -0.2) is 0 Å². The molecule has 0 bridgehead atoms. The van der Waals surface area contributed by atoms with Gasteiger partial charge in [0, 0.05) is 5.54 Å². The van der Waals surface area contributed by atoms with Crippen LogP contribution >= 0.6 is 0 Å². The van der Waals surface area contributed by atoms with Gasteiger partial charge in [-0.05, 0) is 119 Å². The van der Waals surface area contributed by atoms with Crippen LogP contribution in [0.4, 0.5) is 0 Å². The highest BCUT2D eigenvalue weighted by Gasteiger charge is 2.27. The van der Waals surface area contributed by atoms with Gasteiger partial charge in [-0.2, -0.15) is 0 Å². The minimum absolute atomic E-state index is 0. The Bertz CT molecular complexity index is 483. The van der Waals surface area contributed by atoms with E-state index in [1.807, 2.05) is 0 Å². The maximum absolute atomic E-state index is 2.58. The molecule has 0 N–H and O–H groups in total. The Morgan fingerprint density at radius 3 is 0.659 bits per heavy atom. The number of rotatable bonds is 0. The van der Waals surface area contributed by atoms with Crippen LogP contribution in [0.25, 0.3) is 0 Å². The molecule has 1 nitrogen and oxygen atoms in total. The van der Waals surface area contributed by atoms with Crippen molar-refractivity contribution >= 4 is 0 Å². The van der Waals surface area contributed by atoms with E-state index in [2.05, 4.69) is 88.0 Å². The van der Waals surface area contributed by atoms with Crippen LogP contribution in [0.2, 0.25) is 0 Å². The zero-order chi connectivity index (χ0) is 30.5. The molecule has 3 aliphatic carbocycles. The molecule has 272 valence electrons. The first-order valence-electron chi connectivity index (χ1n) is 18.2. The van der Waals surface area contributed by atoms with E-state index in [9.17, 15) is 0 Å².